The molecule has 0 saturated carbocycles. The molecule has 0 bridgehead atoms. The number of H-pyrrole nitrogens is 1. The lowest BCUT2D eigenvalue weighted by atomic mass is 10.0. The van der Waals surface area contributed by atoms with Crippen molar-refractivity contribution in [3.05, 3.63) is 53.1 Å². The minimum Gasteiger partial charge on any atom is -0.349 e. The van der Waals surface area contributed by atoms with Gasteiger partial charge in [-0.3, -0.25) is 0 Å². The maximum absolute atomic E-state index is 4.25. The summed E-state index contributed by atoms with van der Waals surface area (Å²) >= 11 is 3.73. The summed E-state index contributed by atoms with van der Waals surface area (Å²) in [6.07, 6.45) is 4.54. The molecule has 0 aliphatic carbocycles. The van der Waals surface area contributed by atoms with E-state index >= 15 is 0 Å². The van der Waals surface area contributed by atoms with Gasteiger partial charge in [0.05, 0.1) is 0 Å². The first-order chi connectivity index (χ1) is 7.66. The van der Waals surface area contributed by atoms with Gasteiger partial charge < -0.3 is 4.98 Å². The zero-order valence-electron chi connectivity index (χ0n) is 9.50. The quantitative estimate of drug-likeness (QED) is 0.852. The molecule has 1 aromatic heterocycles. The number of hydrogen-bond donors (Lipinski definition) is 1. The van der Waals surface area contributed by atoms with Crippen LogP contribution in [0.2, 0.25) is 0 Å². The summed E-state index contributed by atoms with van der Waals surface area (Å²) in [5, 5.41) is 0. The van der Waals surface area contributed by atoms with E-state index in [9.17, 15) is 0 Å². The van der Waals surface area contributed by atoms with Crippen LogP contribution in [0.1, 0.15) is 27.3 Å². The summed E-state index contributed by atoms with van der Waals surface area (Å²) in [6.45, 7) is 4.26. The molecule has 0 amide bonds. The maximum Gasteiger partial charge on any atom is 0.107 e. The van der Waals surface area contributed by atoms with Crippen molar-refractivity contribution < 1.29 is 0 Å². The second-order valence-electron chi connectivity index (χ2n) is 4.07. The molecule has 0 aliphatic heterocycles. The second-order valence-corrected chi connectivity index (χ2v) is 5.17. The molecular formula is C13H15BrN2. The van der Waals surface area contributed by atoms with Crippen molar-refractivity contribution in [2.45, 2.75) is 25.1 Å². The first kappa shape index (κ1) is 11.4. The number of aromatic nitrogens is 2. The molecule has 16 heavy (non-hydrogen) atoms. The van der Waals surface area contributed by atoms with Crippen LogP contribution in [-0.4, -0.2) is 9.97 Å². The highest BCUT2D eigenvalue weighted by Gasteiger charge is 2.12. The van der Waals surface area contributed by atoms with Crippen molar-refractivity contribution in [2.75, 3.05) is 0 Å². The fourth-order valence-electron chi connectivity index (χ4n) is 1.79. The predicted molar refractivity (Wildman–Crippen MR) is 69.9 cm³/mol. The maximum atomic E-state index is 4.25. The van der Waals surface area contributed by atoms with Gasteiger partial charge in [0.15, 0.2) is 0 Å². The lowest BCUT2D eigenvalue weighted by Gasteiger charge is -2.12. The molecule has 2 aromatic rings. The Morgan fingerprint density at radius 1 is 1.38 bits per heavy atom. The summed E-state index contributed by atoms with van der Waals surface area (Å²) in [7, 11) is 0. The highest BCUT2D eigenvalue weighted by Crippen LogP contribution is 2.29. The van der Waals surface area contributed by atoms with Gasteiger partial charge >= 0.3 is 0 Å². The molecule has 1 unspecified atom stereocenters. The Morgan fingerprint density at radius 3 is 2.88 bits per heavy atom. The summed E-state index contributed by atoms with van der Waals surface area (Å²) < 4.78 is 0. The SMILES string of the molecule is Cc1ccc(C)c(C(Br)Cc2ncc[nH]2)c1. The van der Waals surface area contributed by atoms with Gasteiger partial charge in [-0.25, -0.2) is 4.98 Å². The molecule has 1 heterocycles. The van der Waals surface area contributed by atoms with Crippen LogP contribution in [-0.2, 0) is 6.42 Å². The number of aryl methyl sites for hydroxylation is 2. The zero-order valence-corrected chi connectivity index (χ0v) is 11.1. The minimum absolute atomic E-state index is 0.318. The summed E-state index contributed by atoms with van der Waals surface area (Å²) in [4.78, 5) is 7.70. The van der Waals surface area contributed by atoms with E-state index in [0.29, 0.717) is 4.83 Å². The second kappa shape index (κ2) is 4.83. The molecule has 0 aliphatic rings. The highest BCUT2D eigenvalue weighted by molar-refractivity contribution is 9.09. The molecule has 0 fully saturated rings. The van der Waals surface area contributed by atoms with Crippen molar-refractivity contribution in [1.82, 2.24) is 9.97 Å². The third kappa shape index (κ3) is 2.53. The minimum atomic E-state index is 0.318. The number of aromatic amines is 1. The Hall–Kier alpha value is -1.09. The molecule has 84 valence electrons. The standard InChI is InChI=1S/C13H15BrN2/c1-9-3-4-10(2)11(7-9)12(14)8-13-15-5-6-16-13/h3-7,12H,8H2,1-2H3,(H,15,16). The van der Waals surface area contributed by atoms with Crippen LogP contribution >= 0.6 is 15.9 Å². The highest BCUT2D eigenvalue weighted by atomic mass is 79.9. The van der Waals surface area contributed by atoms with E-state index in [0.717, 1.165) is 12.2 Å². The van der Waals surface area contributed by atoms with Crippen LogP contribution in [0.3, 0.4) is 0 Å². The summed E-state index contributed by atoms with van der Waals surface area (Å²) in [6, 6.07) is 6.55. The Labute approximate surface area is 104 Å². The molecule has 0 radical (unpaired) electrons. The number of rotatable bonds is 3. The Bertz CT molecular complexity index is 463. The first-order valence-electron chi connectivity index (χ1n) is 5.36. The predicted octanol–water partition coefficient (Wildman–Crippen LogP) is 3.71. The van der Waals surface area contributed by atoms with Gasteiger partial charge in [0, 0.05) is 23.6 Å². The molecule has 0 spiro atoms. The van der Waals surface area contributed by atoms with Gasteiger partial charge in [-0.2, -0.15) is 0 Å². The van der Waals surface area contributed by atoms with E-state index in [1.807, 2.05) is 6.20 Å². The lowest BCUT2D eigenvalue weighted by Crippen LogP contribution is -2.00. The third-order valence-electron chi connectivity index (χ3n) is 2.70. The average Bonchev–Trinajstić information content (AvgIpc) is 2.74. The van der Waals surface area contributed by atoms with E-state index in [4.69, 9.17) is 0 Å². The van der Waals surface area contributed by atoms with Crippen molar-refractivity contribution in [3.63, 3.8) is 0 Å². The largest absolute Gasteiger partial charge is 0.349 e. The number of halogens is 1. The van der Waals surface area contributed by atoms with Crippen molar-refractivity contribution in [1.29, 1.82) is 0 Å². The van der Waals surface area contributed by atoms with Crippen LogP contribution in [0.25, 0.3) is 0 Å². The van der Waals surface area contributed by atoms with Crippen molar-refractivity contribution in [2.24, 2.45) is 0 Å². The number of imidazole rings is 1. The van der Waals surface area contributed by atoms with Crippen LogP contribution in [0.4, 0.5) is 0 Å². The molecule has 3 heteroatoms. The summed E-state index contributed by atoms with van der Waals surface area (Å²) in [5.74, 6) is 1.02. The topological polar surface area (TPSA) is 28.7 Å². The van der Waals surface area contributed by atoms with Gasteiger partial charge in [-0.15, -0.1) is 0 Å². The van der Waals surface area contributed by atoms with Crippen LogP contribution in [0.15, 0.2) is 30.6 Å². The monoisotopic (exact) mass is 278 g/mol. The molecule has 2 rings (SSSR count). The van der Waals surface area contributed by atoms with Crippen LogP contribution in [0.5, 0.6) is 0 Å². The van der Waals surface area contributed by atoms with E-state index in [1.165, 1.54) is 16.7 Å². The van der Waals surface area contributed by atoms with E-state index in [-0.39, 0.29) is 0 Å². The van der Waals surface area contributed by atoms with E-state index in [1.54, 1.807) is 6.20 Å². The van der Waals surface area contributed by atoms with Gasteiger partial charge in [-0.05, 0) is 25.0 Å². The number of hydrogen-bond acceptors (Lipinski definition) is 1. The molecule has 2 nitrogen and oxygen atoms in total. The molecule has 1 atom stereocenters. The van der Waals surface area contributed by atoms with Gasteiger partial charge in [0.25, 0.3) is 0 Å². The number of benzene rings is 1. The zero-order chi connectivity index (χ0) is 11.5. The number of nitrogens with one attached hydrogen (secondary N) is 1. The number of nitrogens with zero attached hydrogens (tertiary/aromatic N) is 1. The van der Waals surface area contributed by atoms with Gasteiger partial charge in [-0.1, -0.05) is 39.7 Å². The number of alkyl halides is 1. The van der Waals surface area contributed by atoms with E-state index in [2.05, 4.69) is 57.9 Å². The fourth-order valence-corrected chi connectivity index (χ4v) is 2.59. The third-order valence-corrected chi connectivity index (χ3v) is 3.52. The van der Waals surface area contributed by atoms with Crippen LogP contribution in [0, 0.1) is 13.8 Å². The fraction of sp³-hybridized carbons (Fsp3) is 0.308. The first-order valence-corrected chi connectivity index (χ1v) is 6.28. The lowest BCUT2D eigenvalue weighted by molar-refractivity contribution is 0.869. The Balaban J connectivity index is 2.20. The normalized spacial score (nSPS) is 12.7. The van der Waals surface area contributed by atoms with E-state index < -0.39 is 0 Å². The van der Waals surface area contributed by atoms with Crippen molar-refractivity contribution >= 4 is 15.9 Å². The van der Waals surface area contributed by atoms with Crippen molar-refractivity contribution in [3.8, 4) is 0 Å². The van der Waals surface area contributed by atoms with Crippen LogP contribution < -0.4 is 0 Å². The average molecular weight is 279 g/mol. The Morgan fingerprint density at radius 2 is 2.19 bits per heavy atom. The smallest absolute Gasteiger partial charge is 0.107 e. The summed E-state index contributed by atoms with van der Waals surface area (Å²) in [5.41, 5.74) is 3.96. The molecule has 0 saturated heterocycles. The molecule has 1 aromatic carbocycles. The Kier molecular flexibility index (Phi) is 3.44. The molecule has 1 N–H and O–H groups in total. The van der Waals surface area contributed by atoms with Gasteiger partial charge in [0.2, 0.25) is 0 Å². The molecular weight excluding hydrogens is 264 g/mol. The van der Waals surface area contributed by atoms with Gasteiger partial charge in [0.1, 0.15) is 5.82 Å².